The lowest BCUT2D eigenvalue weighted by Gasteiger charge is -2.09. The van der Waals surface area contributed by atoms with E-state index < -0.39 is 0 Å². The Bertz CT molecular complexity index is 642. The first-order chi connectivity index (χ1) is 9.63. The van der Waals surface area contributed by atoms with E-state index >= 15 is 0 Å². The quantitative estimate of drug-likeness (QED) is 0.385. The predicted molar refractivity (Wildman–Crippen MR) is 82.5 cm³/mol. The third-order valence-electron chi connectivity index (χ3n) is 2.87. The molecule has 2 aromatic carbocycles. The van der Waals surface area contributed by atoms with Crippen molar-refractivity contribution in [2.75, 3.05) is 0 Å². The molecule has 2 aromatic rings. The first-order valence-corrected chi connectivity index (χ1v) is 6.97. The zero-order chi connectivity index (χ0) is 14.5. The van der Waals surface area contributed by atoms with Crippen LogP contribution in [0.5, 0.6) is 11.5 Å². The maximum Gasteiger partial charge on any atom is 0.171 e. The number of nitrogens with zero attached hydrogens (tertiary/aromatic N) is 1. The number of hydrogen-bond donors (Lipinski definition) is 2. The highest BCUT2D eigenvalue weighted by atomic mass is 79.9. The van der Waals surface area contributed by atoms with Crippen molar-refractivity contribution in [2.45, 2.75) is 13.3 Å². The van der Waals surface area contributed by atoms with E-state index in [0.29, 0.717) is 15.8 Å². The van der Waals surface area contributed by atoms with Gasteiger partial charge in [-0.1, -0.05) is 24.2 Å². The summed E-state index contributed by atoms with van der Waals surface area (Å²) in [6.07, 6.45) is 0.962. The smallest absolute Gasteiger partial charge is 0.171 e. The molecule has 0 aliphatic heterocycles. The van der Waals surface area contributed by atoms with Crippen molar-refractivity contribution in [3.63, 3.8) is 0 Å². The molecule has 104 valence electrons. The highest BCUT2D eigenvalue weighted by Crippen LogP contribution is 2.27. The van der Waals surface area contributed by atoms with Gasteiger partial charge in [-0.15, -0.1) is 0 Å². The maximum absolute atomic E-state index is 8.69. The van der Waals surface area contributed by atoms with Gasteiger partial charge in [-0.2, -0.15) is 0 Å². The predicted octanol–water partition coefficient (Wildman–Crippen LogP) is 3.90. The molecule has 0 bridgehead atoms. The second kappa shape index (κ2) is 6.43. The molecule has 5 heteroatoms. The minimum Gasteiger partial charge on any atom is -0.457 e. The molecule has 0 atom stereocenters. The normalized spacial score (nSPS) is 11.4. The highest BCUT2D eigenvalue weighted by molar-refractivity contribution is 9.10. The van der Waals surface area contributed by atoms with Crippen LogP contribution in [-0.4, -0.2) is 11.0 Å². The van der Waals surface area contributed by atoms with Crippen LogP contribution in [0.2, 0.25) is 0 Å². The first kappa shape index (κ1) is 14.4. The summed E-state index contributed by atoms with van der Waals surface area (Å²) in [5.74, 6) is 1.52. The fourth-order valence-electron chi connectivity index (χ4n) is 1.79. The van der Waals surface area contributed by atoms with Crippen molar-refractivity contribution in [2.24, 2.45) is 10.9 Å². The standard InChI is InChI=1S/C15H15BrN2O2/c1-2-10-4-3-5-11(8-10)20-12-6-7-13(14(16)9-12)15(17)18-19/h3-9,19H,2H2,1H3,(H2,17,18). The van der Waals surface area contributed by atoms with Crippen LogP contribution in [0, 0.1) is 0 Å². The van der Waals surface area contributed by atoms with Crippen LogP contribution < -0.4 is 10.5 Å². The second-order valence-corrected chi connectivity index (χ2v) is 5.08. The second-order valence-electron chi connectivity index (χ2n) is 4.23. The van der Waals surface area contributed by atoms with Crippen molar-refractivity contribution >= 4 is 21.8 Å². The number of benzene rings is 2. The molecule has 0 amide bonds. The highest BCUT2D eigenvalue weighted by Gasteiger charge is 2.07. The molecule has 0 heterocycles. The number of ether oxygens (including phenoxy) is 1. The van der Waals surface area contributed by atoms with Crippen LogP contribution >= 0.6 is 15.9 Å². The van der Waals surface area contributed by atoms with Gasteiger partial charge in [0.2, 0.25) is 0 Å². The van der Waals surface area contributed by atoms with E-state index in [9.17, 15) is 0 Å². The number of halogens is 1. The molecule has 0 saturated heterocycles. The molecule has 3 N–H and O–H groups in total. The number of rotatable bonds is 4. The van der Waals surface area contributed by atoms with E-state index in [-0.39, 0.29) is 5.84 Å². The average molecular weight is 335 g/mol. The fourth-order valence-corrected chi connectivity index (χ4v) is 2.35. The van der Waals surface area contributed by atoms with Gasteiger partial charge in [0.25, 0.3) is 0 Å². The monoisotopic (exact) mass is 334 g/mol. The summed E-state index contributed by atoms with van der Waals surface area (Å²) in [6, 6.07) is 13.2. The number of amidine groups is 1. The van der Waals surface area contributed by atoms with Crippen LogP contribution in [0.15, 0.2) is 52.1 Å². The lowest BCUT2D eigenvalue weighted by Crippen LogP contribution is -2.13. The van der Waals surface area contributed by atoms with Crippen molar-refractivity contribution < 1.29 is 9.94 Å². The molecular formula is C15H15BrN2O2. The fraction of sp³-hybridized carbons (Fsp3) is 0.133. The molecule has 0 aliphatic rings. The lowest BCUT2D eigenvalue weighted by atomic mass is 10.1. The maximum atomic E-state index is 8.69. The van der Waals surface area contributed by atoms with Gasteiger partial charge in [-0.25, -0.2) is 0 Å². The van der Waals surface area contributed by atoms with E-state index in [4.69, 9.17) is 15.7 Å². The number of oxime groups is 1. The van der Waals surface area contributed by atoms with E-state index in [0.717, 1.165) is 12.2 Å². The van der Waals surface area contributed by atoms with E-state index in [2.05, 4.69) is 34.1 Å². The molecule has 0 aliphatic carbocycles. The summed E-state index contributed by atoms with van der Waals surface area (Å²) >= 11 is 3.38. The summed E-state index contributed by atoms with van der Waals surface area (Å²) in [5.41, 5.74) is 7.40. The molecule has 4 nitrogen and oxygen atoms in total. The zero-order valence-corrected chi connectivity index (χ0v) is 12.6. The van der Waals surface area contributed by atoms with Gasteiger partial charge in [0.1, 0.15) is 11.5 Å². The molecule has 0 spiro atoms. The Hall–Kier alpha value is -2.01. The summed E-state index contributed by atoms with van der Waals surface area (Å²) in [5, 5.41) is 11.7. The summed E-state index contributed by atoms with van der Waals surface area (Å²) < 4.78 is 6.50. The van der Waals surface area contributed by atoms with Gasteiger partial charge in [0.15, 0.2) is 5.84 Å². The molecular weight excluding hydrogens is 320 g/mol. The Morgan fingerprint density at radius 3 is 2.65 bits per heavy atom. The summed E-state index contributed by atoms with van der Waals surface area (Å²) in [4.78, 5) is 0. The Morgan fingerprint density at radius 1 is 1.25 bits per heavy atom. The van der Waals surface area contributed by atoms with Gasteiger partial charge >= 0.3 is 0 Å². The lowest BCUT2D eigenvalue weighted by molar-refractivity contribution is 0.318. The number of hydrogen-bond acceptors (Lipinski definition) is 3. The topological polar surface area (TPSA) is 67.8 Å². The zero-order valence-electron chi connectivity index (χ0n) is 11.0. The van der Waals surface area contributed by atoms with Crippen LogP contribution in [0.3, 0.4) is 0 Å². The Morgan fingerprint density at radius 2 is 2.00 bits per heavy atom. The average Bonchev–Trinajstić information content (AvgIpc) is 2.47. The molecule has 0 fully saturated rings. The third kappa shape index (κ3) is 3.30. The molecule has 2 rings (SSSR count). The number of aryl methyl sites for hydroxylation is 1. The van der Waals surface area contributed by atoms with Gasteiger partial charge < -0.3 is 15.7 Å². The summed E-state index contributed by atoms with van der Waals surface area (Å²) in [7, 11) is 0. The van der Waals surface area contributed by atoms with Gasteiger partial charge in [0, 0.05) is 10.0 Å². The Balaban J connectivity index is 2.24. The molecule has 0 aromatic heterocycles. The van der Waals surface area contributed by atoms with Crippen molar-refractivity contribution in [3.8, 4) is 11.5 Å². The van der Waals surface area contributed by atoms with Crippen LogP contribution in [0.25, 0.3) is 0 Å². The minimum atomic E-state index is 0.0522. The number of nitrogens with two attached hydrogens (primary N) is 1. The van der Waals surface area contributed by atoms with Gasteiger partial charge in [-0.3, -0.25) is 0 Å². The first-order valence-electron chi connectivity index (χ1n) is 6.18. The molecule has 0 unspecified atom stereocenters. The van der Waals surface area contributed by atoms with Crippen molar-refractivity contribution in [1.29, 1.82) is 0 Å². The van der Waals surface area contributed by atoms with Crippen molar-refractivity contribution in [3.05, 3.63) is 58.1 Å². The molecule has 0 radical (unpaired) electrons. The molecule has 0 saturated carbocycles. The van der Waals surface area contributed by atoms with Crippen LogP contribution in [0.4, 0.5) is 0 Å². The van der Waals surface area contributed by atoms with E-state index in [1.54, 1.807) is 18.2 Å². The largest absolute Gasteiger partial charge is 0.457 e. The van der Waals surface area contributed by atoms with Gasteiger partial charge in [-0.05, 0) is 58.2 Å². The third-order valence-corrected chi connectivity index (χ3v) is 3.52. The minimum absolute atomic E-state index is 0.0522. The molecule has 20 heavy (non-hydrogen) atoms. The Labute approximate surface area is 126 Å². The summed E-state index contributed by atoms with van der Waals surface area (Å²) in [6.45, 7) is 2.10. The Kier molecular flexibility index (Phi) is 4.63. The van der Waals surface area contributed by atoms with Crippen LogP contribution in [0.1, 0.15) is 18.1 Å². The van der Waals surface area contributed by atoms with E-state index in [1.807, 2.05) is 18.2 Å². The van der Waals surface area contributed by atoms with Crippen LogP contribution in [-0.2, 0) is 6.42 Å². The van der Waals surface area contributed by atoms with Gasteiger partial charge in [0.05, 0.1) is 0 Å². The van der Waals surface area contributed by atoms with E-state index in [1.165, 1.54) is 5.56 Å². The van der Waals surface area contributed by atoms with Crippen molar-refractivity contribution in [1.82, 2.24) is 0 Å². The SMILES string of the molecule is CCc1cccc(Oc2ccc(/C(N)=N/O)c(Br)c2)c1.